The molecule has 1 saturated heterocycles. The summed E-state index contributed by atoms with van der Waals surface area (Å²) >= 11 is 0. The Bertz CT molecular complexity index is 950. The SMILES string of the molecule is COc1ccc2cc([C@H]3CN(c4cc(NCCO)ncn4)CCO3)ccc2c1. The lowest BCUT2D eigenvalue weighted by Gasteiger charge is -2.34. The Morgan fingerprint density at radius 3 is 2.89 bits per heavy atom. The van der Waals surface area contributed by atoms with Gasteiger partial charge in [-0.3, -0.25) is 0 Å². The second-order valence-electron chi connectivity index (χ2n) is 6.69. The molecule has 1 atom stereocenters. The molecule has 2 N–H and O–H groups in total. The van der Waals surface area contributed by atoms with Crippen molar-refractivity contribution in [1.29, 1.82) is 0 Å². The maximum absolute atomic E-state index is 8.97. The summed E-state index contributed by atoms with van der Waals surface area (Å²) in [4.78, 5) is 10.8. The lowest BCUT2D eigenvalue weighted by molar-refractivity contribution is 0.0396. The summed E-state index contributed by atoms with van der Waals surface area (Å²) in [6.45, 7) is 2.65. The fraction of sp³-hybridized carbons (Fsp3) is 0.333. The van der Waals surface area contributed by atoms with Gasteiger partial charge in [0.15, 0.2) is 0 Å². The van der Waals surface area contributed by atoms with Gasteiger partial charge in [0.2, 0.25) is 0 Å². The van der Waals surface area contributed by atoms with Crippen molar-refractivity contribution in [1.82, 2.24) is 9.97 Å². The maximum Gasteiger partial charge on any atom is 0.134 e. The molecule has 146 valence electrons. The Morgan fingerprint density at radius 2 is 2.04 bits per heavy atom. The van der Waals surface area contributed by atoms with E-state index in [9.17, 15) is 0 Å². The number of morpholine rings is 1. The van der Waals surface area contributed by atoms with Gasteiger partial charge >= 0.3 is 0 Å². The molecule has 0 bridgehead atoms. The number of ether oxygens (including phenoxy) is 2. The summed E-state index contributed by atoms with van der Waals surface area (Å²) in [5.41, 5.74) is 1.15. The molecule has 7 nitrogen and oxygen atoms in total. The Balaban J connectivity index is 1.53. The third kappa shape index (κ3) is 4.00. The number of anilines is 2. The quantitative estimate of drug-likeness (QED) is 0.680. The van der Waals surface area contributed by atoms with E-state index in [-0.39, 0.29) is 12.7 Å². The molecule has 0 saturated carbocycles. The van der Waals surface area contributed by atoms with Crippen molar-refractivity contribution in [3.8, 4) is 5.75 Å². The molecule has 3 aromatic rings. The first-order valence-electron chi connectivity index (χ1n) is 9.38. The van der Waals surface area contributed by atoms with E-state index in [2.05, 4.69) is 44.5 Å². The summed E-state index contributed by atoms with van der Waals surface area (Å²) < 4.78 is 11.3. The molecule has 0 unspecified atom stereocenters. The van der Waals surface area contributed by atoms with Crippen molar-refractivity contribution in [2.75, 3.05) is 50.2 Å². The highest BCUT2D eigenvalue weighted by Crippen LogP contribution is 2.29. The number of nitrogens with one attached hydrogen (secondary N) is 1. The highest BCUT2D eigenvalue weighted by atomic mass is 16.5. The van der Waals surface area contributed by atoms with Crippen molar-refractivity contribution in [3.05, 3.63) is 54.4 Å². The van der Waals surface area contributed by atoms with E-state index in [0.717, 1.165) is 41.0 Å². The summed E-state index contributed by atoms with van der Waals surface area (Å²) in [5, 5.41) is 14.4. The smallest absolute Gasteiger partial charge is 0.134 e. The monoisotopic (exact) mass is 380 g/mol. The Morgan fingerprint density at radius 1 is 1.18 bits per heavy atom. The number of aromatic nitrogens is 2. The summed E-state index contributed by atoms with van der Waals surface area (Å²) in [6.07, 6.45) is 1.52. The van der Waals surface area contributed by atoms with E-state index < -0.39 is 0 Å². The Kier molecular flexibility index (Phi) is 5.55. The molecule has 0 radical (unpaired) electrons. The topological polar surface area (TPSA) is 79.7 Å². The molecule has 4 rings (SSSR count). The van der Waals surface area contributed by atoms with Crippen molar-refractivity contribution >= 4 is 22.4 Å². The van der Waals surface area contributed by atoms with Gasteiger partial charge in [0.05, 0.1) is 20.3 Å². The maximum atomic E-state index is 8.97. The van der Waals surface area contributed by atoms with Gasteiger partial charge in [-0.1, -0.05) is 18.2 Å². The van der Waals surface area contributed by atoms with E-state index in [1.807, 2.05) is 18.2 Å². The number of methoxy groups -OCH3 is 1. The highest BCUT2D eigenvalue weighted by molar-refractivity contribution is 5.84. The van der Waals surface area contributed by atoms with Crippen LogP contribution in [0.1, 0.15) is 11.7 Å². The summed E-state index contributed by atoms with van der Waals surface area (Å²) in [5.74, 6) is 2.42. The number of aliphatic hydroxyl groups excluding tert-OH is 1. The second-order valence-corrected chi connectivity index (χ2v) is 6.69. The van der Waals surface area contributed by atoms with E-state index >= 15 is 0 Å². The van der Waals surface area contributed by atoms with Crippen molar-refractivity contribution in [2.24, 2.45) is 0 Å². The fourth-order valence-electron chi connectivity index (χ4n) is 3.43. The van der Waals surface area contributed by atoms with Crippen LogP contribution in [0.4, 0.5) is 11.6 Å². The number of hydrogen-bond acceptors (Lipinski definition) is 7. The zero-order valence-corrected chi connectivity index (χ0v) is 15.8. The van der Waals surface area contributed by atoms with Gasteiger partial charge in [0.25, 0.3) is 0 Å². The molecule has 7 heteroatoms. The predicted molar refractivity (Wildman–Crippen MR) is 109 cm³/mol. The number of benzene rings is 2. The third-order valence-corrected chi connectivity index (χ3v) is 4.90. The van der Waals surface area contributed by atoms with Gasteiger partial charge in [0.1, 0.15) is 29.8 Å². The molecule has 1 aromatic heterocycles. The Labute approximate surface area is 163 Å². The number of hydrogen-bond donors (Lipinski definition) is 2. The lowest BCUT2D eigenvalue weighted by Crippen LogP contribution is -2.38. The molecule has 1 aliphatic heterocycles. The zero-order valence-electron chi connectivity index (χ0n) is 15.8. The number of fused-ring (bicyclic) bond motifs is 1. The number of aliphatic hydroxyl groups is 1. The van der Waals surface area contributed by atoms with Crippen LogP contribution in [0.2, 0.25) is 0 Å². The van der Waals surface area contributed by atoms with Gasteiger partial charge < -0.3 is 24.8 Å². The van der Waals surface area contributed by atoms with Gasteiger partial charge in [-0.05, 0) is 34.5 Å². The fourth-order valence-corrected chi connectivity index (χ4v) is 3.43. The van der Waals surface area contributed by atoms with Crippen LogP contribution in [0, 0.1) is 0 Å². The average molecular weight is 380 g/mol. The largest absolute Gasteiger partial charge is 0.497 e. The number of rotatable bonds is 6. The van der Waals surface area contributed by atoms with Crippen LogP contribution in [0.5, 0.6) is 5.75 Å². The standard InChI is InChI=1S/C21H24N4O3/c1-27-18-5-4-15-10-17(3-2-16(15)11-18)19-13-25(7-9-28-19)21-12-20(22-6-8-26)23-14-24-21/h2-5,10-12,14,19,26H,6-9,13H2,1H3,(H,22,23,24)/t19-/m1/s1. The van der Waals surface area contributed by atoms with E-state index in [0.29, 0.717) is 19.0 Å². The second kappa shape index (κ2) is 8.41. The van der Waals surface area contributed by atoms with Crippen molar-refractivity contribution in [3.63, 3.8) is 0 Å². The molecule has 0 amide bonds. The van der Waals surface area contributed by atoms with Crippen LogP contribution in [0.15, 0.2) is 48.8 Å². The minimum Gasteiger partial charge on any atom is -0.497 e. The summed E-state index contributed by atoms with van der Waals surface area (Å²) in [6, 6.07) is 14.4. The van der Waals surface area contributed by atoms with Gasteiger partial charge in [-0.15, -0.1) is 0 Å². The Hall–Kier alpha value is -2.90. The predicted octanol–water partition coefficient (Wildman–Crippen LogP) is 2.62. The minimum absolute atomic E-state index is 0.0240. The molecule has 1 aliphatic rings. The first-order chi connectivity index (χ1) is 13.8. The van der Waals surface area contributed by atoms with Crippen LogP contribution < -0.4 is 15.0 Å². The van der Waals surface area contributed by atoms with Crippen LogP contribution in [0.25, 0.3) is 10.8 Å². The van der Waals surface area contributed by atoms with Crippen LogP contribution in [0.3, 0.4) is 0 Å². The minimum atomic E-state index is -0.0240. The van der Waals surface area contributed by atoms with Gasteiger partial charge in [-0.2, -0.15) is 0 Å². The van der Waals surface area contributed by atoms with Gasteiger partial charge in [-0.25, -0.2) is 9.97 Å². The van der Waals surface area contributed by atoms with E-state index in [1.165, 1.54) is 0 Å². The van der Waals surface area contributed by atoms with Gasteiger partial charge in [0, 0.05) is 25.7 Å². The zero-order chi connectivity index (χ0) is 19.3. The first kappa shape index (κ1) is 18.5. The molecular weight excluding hydrogens is 356 g/mol. The highest BCUT2D eigenvalue weighted by Gasteiger charge is 2.23. The normalized spacial score (nSPS) is 16.9. The van der Waals surface area contributed by atoms with E-state index in [4.69, 9.17) is 14.6 Å². The molecule has 28 heavy (non-hydrogen) atoms. The van der Waals surface area contributed by atoms with Crippen molar-refractivity contribution in [2.45, 2.75) is 6.10 Å². The van der Waals surface area contributed by atoms with Crippen LogP contribution in [-0.2, 0) is 4.74 Å². The van der Waals surface area contributed by atoms with Crippen LogP contribution >= 0.6 is 0 Å². The van der Waals surface area contributed by atoms with E-state index in [1.54, 1.807) is 13.4 Å². The average Bonchev–Trinajstić information content (AvgIpc) is 2.77. The van der Waals surface area contributed by atoms with Crippen LogP contribution in [-0.4, -0.2) is 55.0 Å². The molecule has 2 heterocycles. The van der Waals surface area contributed by atoms with Crippen molar-refractivity contribution < 1.29 is 14.6 Å². The lowest BCUT2D eigenvalue weighted by atomic mass is 10.0. The molecule has 2 aromatic carbocycles. The summed E-state index contributed by atoms with van der Waals surface area (Å²) in [7, 11) is 1.68. The third-order valence-electron chi connectivity index (χ3n) is 4.90. The molecule has 0 spiro atoms. The molecular formula is C21H24N4O3. The molecule has 1 fully saturated rings. The first-order valence-corrected chi connectivity index (χ1v) is 9.38. The molecule has 0 aliphatic carbocycles. The number of nitrogens with zero attached hydrogens (tertiary/aromatic N) is 3.